The Balaban J connectivity index is 1.58. The number of aromatic nitrogens is 2. The van der Waals surface area contributed by atoms with Crippen molar-refractivity contribution in [2.24, 2.45) is 0 Å². The molecular formula is C17H21N3. The lowest BCUT2D eigenvalue weighted by Crippen LogP contribution is -2.26. The fraction of sp³-hybridized carbons (Fsp3) is 0.353. The van der Waals surface area contributed by atoms with Crippen molar-refractivity contribution >= 4 is 6.08 Å². The van der Waals surface area contributed by atoms with Crippen LogP contribution < -0.4 is 5.32 Å². The van der Waals surface area contributed by atoms with E-state index in [1.807, 2.05) is 16.9 Å². The van der Waals surface area contributed by atoms with E-state index in [0.29, 0.717) is 5.92 Å². The molecule has 3 rings (SSSR count). The lowest BCUT2D eigenvalue weighted by atomic mass is 9.93. The van der Waals surface area contributed by atoms with Gasteiger partial charge in [0.15, 0.2) is 0 Å². The van der Waals surface area contributed by atoms with E-state index in [9.17, 15) is 0 Å². The van der Waals surface area contributed by atoms with Gasteiger partial charge in [-0.25, -0.2) is 0 Å². The van der Waals surface area contributed by atoms with Crippen molar-refractivity contribution in [3.05, 3.63) is 59.9 Å². The molecule has 0 amide bonds. The van der Waals surface area contributed by atoms with E-state index in [0.717, 1.165) is 19.6 Å². The molecule has 0 radical (unpaired) electrons. The number of nitrogens with zero attached hydrogens (tertiary/aromatic N) is 2. The summed E-state index contributed by atoms with van der Waals surface area (Å²) < 4.78 is 2.02. The molecule has 1 aliphatic heterocycles. The third-order valence-electron chi connectivity index (χ3n) is 3.87. The van der Waals surface area contributed by atoms with Crippen LogP contribution >= 0.6 is 0 Å². The van der Waals surface area contributed by atoms with Gasteiger partial charge in [-0.1, -0.05) is 42.5 Å². The van der Waals surface area contributed by atoms with E-state index in [1.165, 1.54) is 24.0 Å². The van der Waals surface area contributed by atoms with Crippen molar-refractivity contribution in [3.8, 4) is 0 Å². The highest BCUT2D eigenvalue weighted by Crippen LogP contribution is 2.24. The van der Waals surface area contributed by atoms with E-state index >= 15 is 0 Å². The summed E-state index contributed by atoms with van der Waals surface area (Å²) in [6.07, 6.45) is 11.0. The molecule has 20 heavy (non-hydrogen) atoms. The van der Waals surface area contributed by atoms with E-state index in [2.05, 4.69) is 53.0 Å². The van der Waals surface area contributed by atoms with Crippen LogP contribution in [0.25, 0.3) is 6.08 Å². The van der Waals surface area contributed by atoms with Gasteiger partial charge in [0.05, 0.1) is 12.7 Å². The molecule has 0 aliphatic carbocycles. The maximum Gasteiger partial charge on any atom is 0.0593 e. The molecule has 104 valence electrons. The number of allylic oxidation sites excluding steroid dienone is 1. The van der Waals surface area contributed by atoms with E-state index < -0.39 is 0 Å². The van der Waals surface area contributed by atoms with Gasteiger partial charge in [-0.2, -0.15) is 5.10 Å². The summed E-state index contributed by atoms with van der Waals surface area (Å²) in [6, 6.07) is 10.4. The molecular weight excluding hydrogens is 246 g/mol. The monoisotopic (exact) mass is 267 g/mol. The van der Waals surface area contributed by atoms with Gasteiger partial charge in [-0.3, -0.25) is 4.68 Å². The molecule has 0 atom stereocenters. The summed E-state index contributed by atoms with van der Waals surface area (Å²) in [5, 5.41) is 7.87. The largest absolute Gasteiger partial charge is 0.317 e. The van der Waals surface area contributed by atoms with Gasteiger partial charge in [-0.15, -0.1) is 0 Å². The first-order valence-electron chi connectivity index (χ1n) is 7.36. The average Bonchev–Trinajstić information content (AvgIpc) is 2.98. The van der Waals surface area contributed by atoms with Crippen LogP contribution in [-0.2, 0) is 6.54 Å². The quantitative estimate of drug-likeness (QED) is 0.922. The van der Waals surface area contributed by atoms with E-state index in [4.69, 9.17) is 0 Å². The minimum Gasteiger partial charge on any atom is -0.317 e. The molecule has 2 aromatic rings. The SMILES string of the molecule is C(=C\c1ccccc1)/Cn1cc(C2CCNCC2)cn1. The second-order valence-corrected chi connectivity index (χ2v) is 5.33. The molecule has 1 aromatic heterocycles. The second kappa shape index (κ2) is 6.53. The maximum atomic E-state index is 4.47. The molecule has 1 fully saturated rings. The molecule has 1 N–H and O–H groups in total. The zero-order chi connectivity index (χ0) is 13.6. The van der Waals surface area contributed by atoms with Gasteiger partial charge in [0, 0.05) is 6.20 Å². The molecule has 0 saturated carbocycles. The summed E-state index contributed by atoms with van der Waals surface area (Å²) in [5.74, 6) is 0.683. The number of nitrogens with one attached hydrogen (secondary N) is 1. The van der Waals surface area contributed by atoms with Crippen LogP contribution in [0.2, 0.25) is 0 Å². The van der Waals surface area contributed by atoms with Gasteiger partial charge in [0.2, 0.25) is 0 Å². The zero-order valence-corrected chi connectivity index (χ0v) is 11.7. The van der Waals surface area contributed by atoms with Crippen LogP contribution in [0.1, 0.15) is 29.9 Å². The van der Waals surface area contributed by atoms with Crippen LogP contribution in [0.5, 0.6) is 0 Å². The Labute approximate surface area is 120 Å². The fourth-order valence-electron chi connectivity index (χ4n) is 2.71. The Morgan fingerprint density at radius 3 is 2.80 bits per heavy atom. The third kappa shape index (κ3) is 3.36. The van der Waals surface area contributed by atoms with Crippen molar-refractivity contribution < 1.29 is 0 Å². The smallest absolute Gasteiger partial charge is 0.0593 e. The molecule has 0 unspecified atom stereocenters. The van der Waals surface area contributed by atoms with Gasteiger partial charge in [0.1, 0.15) is 0 Å². The number of piperidine rings is 1. The number of hydrogen-bond acceptors (Lipinski definition) is 2. The molecule has 0 spiro atoms. The summed E-state index contributed by atoms with van der Waals surface area (Å²) in [7, 11) is 0. The minimum absolute atomic E-state index is 0.683. The highest BCUT2D eigenvalue weighted by Gasteiger charge is 2.16. The highest BCUT2D eigenvalue weighted by molar-refractivity contribution is 5.48. The first-order chi connectivity index (χ1) is 9.92. The van der Waals surface area contributed by atoms with E-state index in [-0.39, 0.29) is 0 Å². The summed E-state index contributed by atoms with van der Waals surface area (Å²) in [4.78, 5) is 0. The molecule has 0 bridgehead atoms. The average molecular weight is 267 g/mol. The standard InChI is InChI=1S/C17H21N3/c1-2-5-15(6-3-1)7-4-12-20-14-17(13-19-20)16-8-10-18-11-9-16/h1-7,13-14,16,18H,8-12H2/b7-4+. The Morgan fingerprint density at radius 2 is 2.00 bits per heavy atom. The van der Waals surface area contributed by atoms with Crippen molar-refractivity contribution in [2.45, 2.75) is 25.3 Å². The lowest BCUT2D eigenvalue weighted by molar-refractivity contribution is 0.460. The lowest BCUT2D eigenvalue weighted by Gasteiger charge is -2.21. The van der Waals surface area contributed by atoms with Crippen molar-refractivity contribution in [1.82, 2.24) is 15.1 Å². The first-order valence-corrected chi connectivity index (χ1v) is 7.36. The van der Waals surface area contributed by atoms with Crippen LogP contribution in [0.4, 0.5) is 0 Å². The molecule has 3 nitrogen and oxygen atoms in total. The Kier molecular flexibility index (Phi) is 4.28. The topological polar surface area (TPSA) is 29.9 Å². The fourth-order valence-corrected chi connectivity index (χ4v) is 2.71. The Hall–Kier alpha value is -1.87. The van der Waals surface area contributed by atoms with Crippen LogP contribution in [0.3, 0.4) is 0 Å². The summed E-state index contributed by atoms with van der Waals surface area (Å²) in [6.45, 7) is 3.09. The summed E-state index contributed by atoms with van der Waals surface area (Å²) in [5.41, 5.74) is 2.62. The Bertz CT molecular complexity index is 551. The maximum absolute atomic E-state index is 4.47. The first kappa shape index (κ1) is 13.1. The number of rotatable bonds is 4. The molecule has 1 saturated heterocycles. The van der Waals surface area contributed by atoms with Crippen molar-refractivity contribution in [2.75, 3.05) is 13.1 Å². The van der Waals surface area contributed by atoms with Gasteiger partial charge in [0.25, 0.3) is 0 Å². The van der Waals surface area contributed by atoms with Crippen LogP contribution in [0.15, 0.2) is 48.8 Å². The van der Waals surface area contributed by atoms with Crippen LogP contribution in [0, 0.1) is 0 Å². The van der Waals surface area contributed by atoms with E-state index in [1.54, 1.807) is 0 Å². The zero-order valence-electron chi connectivity index (χ0n) is 11.7. The predicted molar refractivity (Wildman–Crippen MR) is 82.5 cm³/mol. The number of benzene rings is 1. The van der Waals surface area contributed by atoms with Gasteiger partial charge < -0.3 is 5.32 Å². The second-order valence-electron chi connectivity index (χ2n) is 5.33. The highest BCUT2D eigenvalue weighted by atomic mass is 15.3. The predicted octanol–water partition coefficient (Wildman–Crippen LogP) is 3.06. The van der Waals surface area contributed by atoms with Crippen molar-refractivity contribution in [1.29, 1.82) is 0 Å². The third-order valence-corrected chi connectivity index (χ3v) is 3.87. The molecule has 1 aliphatic rings. The number of hydrogen-bond donors (Lipinski definition) is 1. The molecule has 2 heterocycles. The molecule has 1 aromatic carbocycles. The van der Waals surface area contributed by atoms with Crippen molar-refractivity contribution in [3.63, 3.8) is 0 Å². The summed E-state index contributed by atoms with van der Waals surface area (Å²) >= 11 is 0. The minimum atomic E-state index is 0.683. The van der Waals surface area contributed by atoms with Gasteiger partial charge in [-0.05, 0) is 43.0 Å². The van der Waals surface area contributed by atoms with Crippen LogP contribution in [-0.4, -0.2) is 22.9 Å². The van der Waals surface area contributed by atoms with Gasteiger partial charge >= 0.3 is 0 Å². The Morgan fingerprint density at radius 1 is 1.20 bits per heavy atom. The normalized spacial score (nSPS) is 16.8. The molecule has 3 heteroatoms.